The van der Waals surface area contributed by atoms with E-state index in [0.717, 1.165) is 5.69 Å². The molecule has 0 aliphatic heterocycles. The summed E-state index contributed by atoms with van der Waals surface area (Å²) in [7, 11) is 0. The second-order valence-corrected chi connectivity index (χ2v) is 2.98. The van der Waals surface area contributed by atoms with E-state index in [-0.39, 0.29) is 6.61 Å². The van der Waals surface area contributed by atoms with Crippen LogP contribution in [-0.2, 0) is 6.61 Å². The summed E-state index contributed by atoms with van der Waals surface area (Å²) >= 11 is 5.34. The van der Waals surface area contributed by atoms with E-state index in [1.54, 1.807) is 12.1 Å². The van der Waals surface area contributed by atoms with E-state index >= 15 is 0 Å². The summed E-state index contributed by atoms with van der Waals surface area (Å²) in [6.45, 7) is 2.12. The van der Waals surface area contributed by atoms with Crippen LogP contribution in [0.1, 0.15) is 11.4 Å². The van der Waals surface area contributed by atoms with Crippen LogP contribution < -0.4 is 4.74 Å². The number of aliphatic hydroxyl groups excluding tert-OH is 1. The highest BCUT2D eigenvalue weighted by atomic mass is 35.5. The van der Waals surface area contributed by atoms with Crippen LogP contribution in [0.25, 0.3) is 0 Å². The molecule has 1 heterocycles. The Kier molecular flexibility index (Phi) is 4.43. The lowest BCUT2D eigenvalue weighted by Crippen LogP contribution is -2.00. The van der Waals surface area contributed by atoms with Gasteiger partial charge in [0.15, 0.2) is 0 Å². The third-order valence-corrected chi connectivity index (χ3v) is 1.82. The molecule has 0 amide bonds. The molecule has 1 N–H and O–H groups in total. The Labute approximate surface area is 88.0 Å². The van der Waals surface area contributed by atoms with E-state index in [1.807, 2.05) is 13.0 Å². The molecule has 0 aliphatic carbocycles. The van der Waals surface area contributed by atoms with Crippen molar-refractivity contribution < 1.29 is 9.84 Å². The molecule has 0 unspecified atom stereocenters. The van der Waals surface area contributed by atoms with Gasteiger partial charge in [-0.05, 0) is 25.1 Å². The Morgan fingerprint density at radius 2 is 2.36 bits per heavy atom. The van der Waals surface area contributed by atoms with Gasteiger partial charge in [0, 0.05) is 11.2 Å². The SMILES string of the molecule is Cc1ccc(OCC=CCl)c(CO)n1. The third-order valence-electron chi connectivity index (χ3n) is 1.65. The highest BCUT2D eigenvalue weighted by Crippen LogP contribution is 2.16. The lowest BCUT2D eigenvalue weighted by molar-refractivity contribution is 0.264. The molecule has 0 saturated carbocycles. The van der Waals surface area contributed by atoms with Crippen molar-refractivity contribution in [1.82, 2.24) is 4.98 Å². The molecule has 76 valence electrons. The summed E-state index contributed by atoms with van der Waals surface area (Å²) in [6, 6.07) is 3.62. The first-order chi connectivity index (χ1) is 6.77. The highest BCUT2D eigenvalue weighted by molar-refractivity contribution is 6.25. The molecule has 0 fully saturated rings. The van der Waals surface area contributed by atoms with E-state index in [2.05, 4.69) is 4.98 Å². The first-order valence-corrected chi connectivity index (χ1v) is 4.67. The number of nitrogens with zero attached hydrogens (tertiary/aromatic N) is 1. The Balaban J connectivity index is 2.74. The van der Waals surface area contributed by atoms with Gasteiger partial charge in [-0.2, -0.15) is 0 Å². The summed E-state index contributed by atoms with van der Waals surface area (Å²) in [6.07, 6.45) is 1.67. The fourth-order valence-corrected chi connectivity index (χ4v) is 1.09. The maximum atomic E-state index is 9.01. The highest BCUT2D eigenvalue weighted by Gasteiger charge is 2.03. The van der Waals surface area contributed by atoms with Gasteiger partial charge >= 0.3 is 0 Å². The van der Waals surface area contributed by atoms with Crippen molar-refractivity contribution in [1.29, 1.82) is 0 Å². The van der Waals surface area contributed by atoms with Crippen LogP contribution in [0.2, 0.25) is 0 Å². The number of hydrogen-bond acceptors (Lipinski definition) is 3. The molecule has 0 bridgehead atoms. The molecule has 1 rings (SSSR count). The molecule has 0 atom stereocenters. The molecular weight excluding hydrogens is 202 g/mol. The summed E-state index contributed by atoms with van der Waals surface area (Å²) in [4.78, 5) is 4.14. The Hall–Kier alpha value is -1.06. The maximum absolute atomic E-state index is 9.01. The van der Waals surface area contributed by atoms with Gasteiger partial charge in [0.05, 0.1) is 6.61 Å². The van der Waals surface area contributed by atoms with Gasteiger partial charge < -0.3 is 9.84 Å². The molecule has 0 radical (unpaired) electrons. The summed E-state index contributed by atoms with van der Waals surface area (Å²) in [5.41, 5.74) is 2.79. The van der Waals surface area contributed by atoms with Crippen LogP contribution in [0.3, 0.4) is 0 Å². The second-order valence-electron chi connectivity index (χ2n) is 2.73. The Morgan fingerprint density at radius 3 is 3.00 bits per heavy atom. The average Bonchev–Trinajstić information content (AvgIpc) is 2.20. The standard InChI is InChI=1S/C10H12ClNO2/c1-8-3-4-10(9(7-13)12-8)14-6-2-5-11/h2-5,13H,6-7H2,1H3. The van der Waals surface area contributed by atoms with Crippen molar-refractivity contribution in [2.24, 2.45) is 0 Å². The van der Waals surface area contributed by atoms with Crippen LogP contribution in [-0.4, -0.2) is 16.7 Å². The molecular formula is C10H12ClNO2. The fraction of sp³-hybridized carbons (Fsp3) is 0.300. The van der Waals surface area contributed by atoms with E-state index in [1.165, 1.54) is 5.54 Å². The predicted octanol–water partition coefficient (Wildman–Crippen LogP) is 2.01. The van der Waals surface area contributed by atoms with Crippen molar-refractivity contribution >= 4 is 11.6 Å². The van der Waals surface area contributed by atoms with Crippen LogP contribution >= 0.6 is 11.6 Å². The molecule has 0 spiro atoms. The van der Waals surface area contributed by atoms with E-state index in [9.17, 15) is 0 Å². The Morgan fingerprint density at radius 1 is 1.57 bits per heavy atom. The van der Waals surface area contributed by atoms with Crippen molar-refractivity contribution in [3.8, 4) is 5.75 Å². The average molecular weight is 214 g/mol. The topological polar surface area (TPSA) is 42.4 Å². The lowest BCUT2D eigenvalue weighted by atomic mass is 10.3. The van der Waals surface area contributed by atoms with E-state index in [0.29, 0.717) is 18.1 Å². The van der Waals surface area contributed by atoms with E-state index < -0.39 is 0 Å². The smallest absolute Gasteiger partial charge is 0.143 e. The molecule has 0 aliphatic rings. The summed E-state index contributed by atoms with van der Waals surface area (Å²) in [5.74, 6) is 0.591. The fourth-order valence-electron chi connectivity index (χ4n) is 1.02. The molecule has 1 aromatic heterocycles. The summed E-state index contributed by atoms with van der Waals surface area (Å²) < 4.78 is 5.33. The minimum Gasteiger partial charge on any atom is -0.487 e. The summed E-state index contributed by atoms with van der Waals surface area (Å²) in [5, 5.41) is 9.01. The predicted molar refractivity (Wildman–Crippen MR) is 55.4 cm³/mol. The first kappa shape index (κ1) is 11.0. The number of aromatic nitrogens is 1. The number of aryl methyl sites for hydroxylation is 1. The van der Waals surface area contributed by atoms with Gasteiger partial charge in [0.2, 0.25) is 0 Å². The van der Waals surface area contributed by atoms with Crippen LogP contribution in [0, 0.1) is 6.92 Å². The molecule has 1 aromatic rings. The number of halogens is 1. The zero-order valence-corrected chi connectivity index (χ0v) is 8.66. The van der Waals surface area contributed by atoms with Gasteiger partial charge in [0.25, 0.3) is 0 Å². The van der Waals surface area contributed by atoms with Crippen molar-refractivity contribution in [3.05, 3.63) is 35.1 Å². The molecule has 14 heavy (non-hydrogen) atoms. The molecule has 4 heteroatoms. The minimum absolute atomic E-state index is 0.123. The second kappa shape index (κ2) is 5.62. The monoisotopic (exact) mass is 213 g/mol. The molecule has 3 nitrogen and oxygen atoms in total. The minimum atomic E-state index is -0.123. The largest absolute Gasteiger partial charge is 0.487 e. The zero-order valence-electron chi connectivity index (χ0n) is 7.90. The molecule has 0 aromatic carbocycles. The van der Waals surface area contributed by atoms with Gasteiger partial charge in [-0.25, -0.2) is 0 Å². The zero-order chi connectivity index (χ0) is 10.4. The number of ether oxygens (including phenoxy) is 1. The number of hydrogen-bond donors (Lipinski definition) is 1. The number of aliphatic hydroxyl groups is 1. The van der Waals surface area contributed by atoms with Crippen LogP contribution in [0.5, 0.6) is 5.75 Å². The number of pyridine rings is 1. The van der Waals surface area contributed by atoms with Crippen molar-refractivity contribution in [3.63, 3.8) is 0 Å². The maximum Gasteiger partial charge on any atom is 0.143 e. The van der Waals surface area contributed by atoms with Gasteiger partial charge in [-0.3, -0.25) is 4.98 Å². The molecule has 0 saturated heterocycles. The van der Waals surface area contributed by atoms with Crippen molar-refractivity contribution in [2.75, 3.05) is 6.61 Å². The quantitative estimate of drug-likeness (QED) is 0.832. The Bertz CT molecular complexity index is 326. The van der Waals surface area contributed by atoms with Gasteiger partial charge in [-0.15, -0.1) is 0 Å². The van der Waals surface area contributed by atoms with Gasteiger partial charge in [0.1, 0.15) is 18.1 Å². The van der Waals surface area contributed by atoms with Crippen LogP contribution in [0.4, 0.5) is 0 Å². The third kappa shape index (κ3) is 3.01. The van der Waals surface area contributed by atoms with E-state index in [4.69, 9.17) is 21.4 Å². The normalized spacial score (nSPS) is 10.8. The van der Waals surface area contributed by atoms with Gasteiger partial charge in [-0.1, -0.05) is 11.6 Å². The first-order valence-electron chi connectivity index (χ1n) is 4.23. The van der Waals surface area contributed by atoms with Crippen LogP contribution in [0.15, 0.2) is 23.7 Å². The van der Waals surface area contributed by atoms with Crippen molar-refractivity contribution in [2.45, 2.75) is 13.5 Å². The number of rotatable bonds is 4. The lowest BCUT2D eigenvalue weighted by Gasteiger charge is -2.07.